The fourth-order valence-corrected chi connectivity index (χ4v) is 11.8. The Kier molecular flexibility index (Phi) is 8.71. The van der Waals surface area contributed by atoms with Crippen molar-refractivity contribution in [2.75, 3.05) is 0 Å². The zero-order chi connectivity index (χ0) is 43.4. The minimum absolute atomic E-state index is 0.225. The number of para-hydroxylation sites is 6. The Bertz CT molecular complexity index is 3110. The molecular formula is C58H52N6. The number of hydrogen-bond donors (Lipinski definition) is 0. The first-order valence-corrected chi connectivity index (χ1v) is 22.7. The van der Waals surface area contributed by atoms with E-state index in [2.05, 4.69) is 251 Å². The van der Waals surface area contributed by atoms with Gasteiger partial charge in [-0.15, -0.1) is 0 Å². The second kappa shape index (κ2) is 14.6. The number of fused-ring (bicyclic) bond motifs is 6. The quantitative estimate of drug-likeness (QED) is 0.139. The number of nitrogens with zero attached hydrogens (tertiary/aromatic N) is 6. The molecule has 0 fully saturated rings. The van der Waals surface area contributed by atoms with Crippen LogP contribution >= 0.6 is 0 Å². The molecule has 6 aromatic carbocycles. The van der Waals surface area contributed by atoms with Crippen LogP contribution in [-0.2, 0) is 0 Å². The van der Waals surface area contributed by atoms with Crippen LogP contribution in [-0.4, -0.2) is 27.4 Å². The van der Waals surface area contributed by atoms with Crippen molar-refractivity contribution in [3.8, 4) is 0 Å². The van der Waals surface area contributed by atoms with Crippen LogP contribution in [0.3, 0.4) is 0 Å². The standard InChI is InChI=1S/C58H52N6/c1-37-31-43-19-7-13-25-49(43)59(37)56(60-38(2)32-44-20-8-14-26-50(44)60)55(57(61-39(3)33-45-21-9-15-27-51(45)61)62-40(4)34-46-22-10-16-28-52(46)62)58(63-41(5)35-47-23-11-17-29-53(47)63)64-42(6)36-48-24-12-18-30-54(48)64/h7-36,55-58H,1-6H3. The first-order chi connectivity index (χ1) is 31.3. The van der Waals surface area contributed by atoms with Gasteiger partial charge in [0.25, 0.3) is 0 Å². The van der Waals surface area contributed by atoms with E-state index in [1.165, 1.54) is 99.6 Å². The molecule has 0 saturated carbocycles. The Morgan fingerprint density at radius 3 is 0.562 bits per heavy atom. The Morgan fingerprint density at radius 1 is 0.234 bits per heavy atom. The van der Waals surface area contributed by atoms with E-state index in [4.69, 9.17) is 0 Å². The molecule has 0 aliphatic heterocycles. The van der Waals surface area contributed by atoms with Crippen molar-refractivity contribution in [3.63, 3.8) is 0 Å². The lowest BCUT2D eigenvalue weighted by Gasteiger charge is -2.46. The molecule has 0 unspecified atom stereocenters. The van der Waals surface area contributed by atoms with Crippen molar-refractivity contribution in [1.82, 2.24) is 27.4 Å². The van der Waals surface area contributed by atoms with Crippen LogP contribution in [0.15, 0.2) is 182 Å². The van der Waals surface area contributed by atoms with Crippen LogP contribution in [0.25, 0.3) is 65.4 Å². The average molecular weight is 833 g/mol. The van der Waals surface area contributed by atoms with E-state index in [1.54, 1.807) is 0 Å². The number of aryl methyl sites for hydroxylation is 6. The third-order valence-corrected chi connectivity index (χ3v) is 14.3. The van der Waals surface area contributed by atoms with Gasteiger partial charge in [-0.05, 0) is 147 Å². The molecule has 0 spiro atoms. The maximum absolute atomic E-state index is 2.68. The molecule has 0 aliphatic rings. The first-order valence-electron chi connectivity index (χ1n) is 22.7. The highest BCUT2D eigenvalue weighted by Gasteiger charge is 2.46. The topological polar surface area (TPSA) is 29.6 Å². The second-order valence-electron chi connectivity index (χ2n) is 18.1. The summed E-state index contributed by atoms with van der Waals surface area (Å²) in [5.74, 6) is -0.225. The van der Waals surface area contributed by atoms with Crippen molar-refractivity contribution >= 4 is 65.4 Å². The van der Waals surface area contributed by atoms with Gasteiger partial charge in [-0.3, -0.25) is 0 Å². The van der Waals surface area contributed by atoms with Crippen molar-refractivity contribution in [1.29, 1.82) is 0 Å². The Labute approximate surface area is 373 Å². The van der Waals surface area contributed by atoms with E-state index in [9.17, 15) is 0 Å². The highest BCUT2D eigenvalue weighted by molar-refractivity contribution is 5.87. The summed E-state index contributed by atoms with van der Waals surface area (Å²) < 4.78 is 16.1. The van der Waals surface area contributed by atoms with Gasteiger partial charge in [0.2, 0.25) is 0 Å². The molecule has 6 nitrogen and oxygen atoms in total. The summed E-state index contributed by atoms with van der Waals surface area (Å²) in [4.78, 5) is 0. The number of aromatic nitrogens is 6. The van der Waals surface area contributed by atoms with Crippen LogP contribution in [0, 0.1) is 47.5 Å². The molecule has 0 N–H and O–H groups in total. The second-order valence-corrected chi connectivity index (χ2v) is 18.1. The van der Waals surface area contributed by atoms with Crippen LogP contribution in [0.5, 0.6) is 0 Å². The molecule has 314 valence electrons. The Hall–Kier alpha value is -7.44. The highest BCUT2D eigenvalue weighted by Crippen LogP contribution is 2.50. The molecule has 0 saturated heterocycles. The van der Waals surface area contributed by atoms with Gasteiger partial charge in [-0.1, -0.05) is 109 Å². The lowest BCUT2D eigenvalue weighted by atomic mass is 9.93. The zero-order valence-corrected chi connectivity index (χ0v) is 37.3. The van der Waals surface area contributed by atoms with Gasteiger partial charge in [-0.2, -0.15) is 0 Å². The molecular weight excluding hydrogens is 781 g/mol. The minimum Gasteiger partial charge on any atom is -0.323 e. The minimum atomic E-state index is -0.267. The van der Waals surface area contributed by atoms with Gasteiger partial charge in [-0.25, -0.2) is 0 Å². The SMILES string of the molecule is Cc1cc2ccccc2n1C(C(C(n1c(C)cc2ccccc21)n1c(C)cc2ccccc21)C(n1c(C)cc2ccccc21)n1c(C)cc2ccccc21)n1c(C)cc2ccccc21. The Balaban J connectivity index is 1.35. The van der Waals surface area contributed by atoms with E-state index < -0.39 is 0 Å². The summed E-state index contributed by atoms with van der Waals surface area (Å²) in [6.45, 7) is 13.9. The molecule has 0 amide bonds. The lowest BCUT2D eigenvalue weighted by molar-refractivity contribution is 0.108. The van der Waals surface area contributed by atoms with Gasteiger partial charge in [0.1, 0.15) is 18.5 Å². The predicted molar refractivity (Wildman–Crippen MR) is 267 cm³/mol. The van der Waals surface area contributed by atoms with E-state index in [1.807, 2.05) is 0 Å². The normalized spacial score (nSPS) is 12.5. The van der Waals surface area contributed by atoms with Gasteiger partial charge >= 0.3 is 0 Å². The Morgan fingerprint density at radius 2 is 0.391 bits per heavy atom. The maximum Gasteiger partial charge on any atom is 0.121 e. The third kappa shape index (κ3) is 5.64. The molecule has 0 radical (unpaired) electrons. The number of hydrogen-bond acceptors (Lipinski definition) is 0. The fourth-order valence-electron chi connectivity index (χ4n) is 11.8. The van der Waals surface area contributed by atoms with Crippen LogP contribution in [0.1, 0.15) is 52.7 Å². The van der Waals surface area contributed by atoms with Gasteiger partial charge in [0, 0.05) is 34.2 Å². The lowest BCUT2D eigenvalue weighted by Crippen LogP contribution is -2.45. The van der Waals surface area contributed by atoms with Crippen LogP contribution in [0.2, 0.25) is 0 Å². The largest absolute Gasteiger partial charge is 0.323 e. The van der Waals surface area contributed by atoms with Gasteiger partial charge in [0.15, 0.2) is 0 Å². The van der Waals surface area contributed by atoms with Crippen molar-refractivity contribution in [3.05, 3.63) is 216 Å². The van der Waals surface area contributed by atoms with Crippen LogP contribution < -0.4 is 0 Å². The predicted octanol–water partition coefficient (Wildman–Crippen LogP) is 14.4. The number of rotatable bonds is 9. The average Bonchev–Trinajstić information content (AvgIpc) is 4.13. The molecule has 0 atom stereocenters. The summed E-state index contributed by atoms with van der Waals surface area (Å²) in [5, 5.41) is 7.42. The van der Waals surface area contributed by atoms with E-state index >= 15 is 0 Å². The molecule has 6 heteroatoms. The molecule has 0 aliphatic carbocycles. The van der Waals surface area contributed by atoms with E-state index in [-0.39, 0.29) is 24.4 Å². The number of benzene rings is 6. The van der Waals surface area contributed by atoms with Crippen molar-refractivity contribution in [2.24, 2.45) is 5.92 Å². The first kappa shape index (κ1) is 38.3. The molecule has 0 bridgehead atoms. The summed E-state index contributed by atoms with van der Waals surface area (Å²) >= 11 is 0. The smallest absolute Gasteiger partial charge is 0.121 e. The highest BCUT2D eigenvalue weighted by atomic mass is 15.3. The zero-order valence-electron chi connectivity index (χ0n) is 37.3. The van der Waals surface area contributed by atoms with Gasteiger partial charge < -0.3 is 27.4 Å². The summed E-state index contributed by atoms with van der Waals surface area (Å²) in [7, 11) is 0. The molecule has 64 heavy (non-hydrogen) atoms. The van der Waals surface area contributed by atoms with Crippen LogP contribution in [0.4, 0.5) is 0 Å². The van der Waals surface area contributed by atoms with Gasteiger partial charge in [0.05, 0.1) is 39.0 Å². The maximum atomic E-state index is 2.68. The molecule has 12 rings (SSSR count). The van der Waals surface area contributed by atoms with E-state index in [0.717, 1.165) is 0 Å². The van der Waals surface area contributed by atoms with Crippen molar-refractivity contribution < 1.29 is 0 Å². The molecule has 12 aromatic rings. The van der Waals surface area contributed by atoms with Crippen molar-refractivity contribution in [2.45, 2.75) is 60.0 Å². The summed E-state index contributed by atoms with van der Waals surface area (Å²) in [6, 6.07) is 68.3. The molecule has 6 aromatic heterocycles. The monoisotopic (exact) mass is 832 g/mol. The fraction of sp³-hybridized carbons (Fsp3) is 0.172. The summed E-state index contributed by atoms with van der Waals surface area (Å²) in [6.07, 6.45) is -0.800. The third-order valence-electron chi connectivity index (χ3n) is 14.3. The molecule has 6 heterocycles. The van der Waals surface area contributed by atoms with E-state index in [0.29, 0.717) is 0 Å². The summed E-state index contributed by atoms with van der Waals surface area (Å²) in [5.41, 5.74) is 14.6.